The van der Waals surface area contributed by atoms with Gasteiger partial charge in [-0.15, -0.1) is 0 Å². The topological polar surface area (TPSA) is 35.0 Å². The minimum absolute atomic E-state index is 0.352. The third-order valence-electron chi connectivity index (χ3n) is 1.63. The molecule has 3 nitrogen and oxygen atoms in total. The first kappa shape index (κ1) is 10.6. The summed E-state index contributed by atoms with van der Waals surface area (Å²) in [6.07, 6.45) is 2.93. The first-order valence-corrected chi connectivity index (χ1v) is 5.61. The van der Waals surface area contributed by atoms with Gasteiger partial charge in [0.15, 0.2) is 0 Å². The van der Waals surface area contributed by atoms with Crippen molar-refractivity contribution in [3.05, 3.63) is 45.4 Å². The highest BCUT2D eigenvalue weighted by atomic mass is 127. The van der Waals surface area contributed by atoms with Crippen molar-refractivity contribution in [3.8, 4) is 11.6 Å². The Kier molecular flexibility index (Phi) is 3.37. The molecule has 0 aliphatic rings. The zero-order chi connectivity index (χ0) is 10.7. The maximum Gasteiger partial charge on any atom is 0.237 e. The third kappa shape index (κ3) is 3.04. The zero-order valence-electron chi connectivity index (χ0n) is 7.52. The van der Waals surface area contributed by atoms with Gasteiger partial charge in [0.2, 0.25) is 5.88 Å². The van der Waals surface area contributed by atoms with Crippen LogP contribution in [0.1, 0.15) is 0 Å². The van der Waals surface area contributed by atoms with E-state index in [0.29, 0.717) is 11.0 Å². The van der Waals surface area contributed by atoms with Gasteiger partial charge in [0.05, 0.1) is 12.4 Å². The molecule has 0 unspecified atom stereocenters. The number of hydrogen-bond donors (Lipinski definition) is 0. The molecule has 1 aromatic carbocycles. The van der Waals surface area contributed by atoms with Gasteiger partial charge < -0.3 is 4.74 Å². The summed E-state index contributed by atoms with van der Waals surface area (Å²) in [5.74, 6) is 1.16. The Morgan fingerprint density at radius 3 is 2.40 bits per heavy atom. The highest BCUT2D eigenvalue weighted by molar-refractivity contribution is 14.1. The van der Waals surface area contributed by atoms with Gasteiger partial charge in [0, 0.05) is 3.57 Å². The van der Waals surface area contributed by atoms with Crippen LogP contribution in [0.15, 0.2) is 36.7 Å². The van der Waals surface area contributed by atoms with Crippen LogP contribution in [0.25, 0.3) is 0 Å². The molecule has 0 aliphatic carbocycles. The molecule has 5 heteroatoms. The molecule has 0 atom stereocenters. The zero-order valence-corrected chi connectivity index (χ0v) is 10.4. The number of hydrogen-bond acceptors (Lipinski definition) is 3. The van der Waals surface area contributed by atoms with Gasteiger partial charge in [-0.05, 0) is 46.9 Å². The number of aromatic nitrogens is 2. The van der Waals surface area contributed by atoms with Crippen molar-refractivity contribution in [2.75, 3.05) is 0 Å². The standard InChI is InChI=1S/C10H6ClIN2O/c11-9-5-14-10(6-13-9)15-8-3-1-7(12)2-4-8/h1-6H. The van der Waals surface area contributed by atoms with Gasteiger partial charge in [0.25, 0.3) is 0 Å². The van der Waals surface area contributed by atoms with Crippen molar-refractivity contribution in [1.29, 1.82) is 0 Å². The van der Waals surface area contributed by atoms with E-state index in [9.17, 15) is 0 Å². The van der Waals surface area contributed by atoms with Crippen LogP contribution in [0.2, 0.25) is 5.15 Å². The molecule has 76 valence electrons. The Morgan fingerprint density at radius 2 is 1.80 bits per heavy atom. The van der Waals surface area contributed by atoms with Crippen LogP contribution in [0, 0.1) is 3.57 Å². The van der Waals surface area contributed by atoms with Crippen LogP contribution < -0.4 is 4.74 Å². The van der Waals surface area contributed by atoms with E-state index < -0.39 is 0 Å². The average Bonchev–Trinajstić information content (AvgIpc) is 2.25. The number of halogens is 2. The van der Waals surface area contributed by atoms with E-state index in [1.807, 2.05) is 24.3 Å². The molecular weight excluding hydrogens is 326 g/mol. The van der Waals surface area contributed by atoms with Crippen LogP contribution >= 0.6 is 34.2 Å². The summed E-state index contributed by atoms with van der Waals surface area (Å²) in [5, 5.41) is 0.352. The summed E-state index contributed by atoms with van der Waals surface area (Å²) >= 11 is 7.84. The smallest absolute Gasteiger partial charge is 0.237 e. The first-order chi connectivity index (χ1) is 7.24. The summed E-state index contributed by atoms with van der Waals surface area (Å²) in [4.78, 5) is 7.85. The summed E-state index contributed by atoms with van der Waals surface area (Å²) in [6.45, 7) is 0. The van der Waals surface area contributed by atoms with Crippen LogP contribution in [0.4, 0.5) is 0 Å². The molecular formula is C10H6ClIN2O. The molecule has 0 N–H and O–H groups in total. The Bertz CT molecular complexity index is 400. The lowest BCUT2D eigenvalue weighted by Crippen LogP contribution is -1.88. The lowest BCUT2D eigenvalue weighted by Gasteiger charge is -2.03. The minimum atomic E-state index is 0.352. The fraction of sp³-hybridized carbons (Fsp3) is 0. The van der Waals surface area contributed by atoms with E-state index in [4.69, 9.17) is 16.3 Å². The molecule has 0 fully saturated rings. The maximum absolute atomic E-state index is 5.61. The highest BCUT2D eigenvalue weighted by Gasteiger charge is 1.98. The molecule has 0 bridgehead atoms. The molecule has 2 aromatic rings. The number of benzene rings is 1. The van der Waals surface area contributed by atoms with Gasteiger partial charge in [-0.2, -0.15) is 0 Å². The minimum Gasteiger partial charge on any atom is -0.438 e. The van der Waals surface area contributed by atoms with Gasteiger partial charge in [-0.3, -0.25) is 0 Å². The Labute approximate surface area is 106 Å². The van der Waals surface area contributed by atoms with Crippen molar-refractivity contribution in [3.63, 3.8) is 0 Å². The van der Waals surface area contributed by atoms with E-state index in [0.717, 1.165) is 9.32 Å². The predicted molar refractivity (Wildman–Crippen MR) is 66.3 cm³/mol. The Balaban J connectivity index is 2.15. The lowest BCUT2D eigenvalue weighted by atomic mass is 10.3. The molecule has 0 aliphatic heterocycles. The summed E-state index contributed by atoms with van der Waals surface area (Å²) in [6, 6.07) is 7.66. The maximum atomic E-state index is 5.61. The normalized spacial score (nSPS) is 10.0. The quantitative estimate of drug-likeness (QED) is 0.789. The van der Waals surface area contributed by atoms with E-state index in [1.165, 1.54) is 12.4 Å². The van der Waals surface area contributed by atoms with Crippen LogP contribution in [0.3, 0.4) is 0 Å². The van der Waals surface area contributed by atoms with Gasteiger partial charge in [0.1, 0.15) is 10.9 Å². The summed E-state index contributed by atoms with van der Waals surface area (Å²) in [7, 11) is 0. The predicted octanol–water partition coefficient (Wildman–Crippen LogP) is 3.53. The molecule has 0 amide bonds. The average molecular weight is 333 g/mol. The van der Waals surface area contributed by atoms with Crippen LogP contribution in [-0.2, 0) is 0 Å². The molecule has 1 aromatic heterocycles. The lowest BCUT2D eigenvalue weighted by molar-refractivity contribution is 0.460. The first-order valence-electron chi connectivity index (χ1n) is 4.15. The molecule has 0 radical (unpaired) electrons. The van der Waals surface area contributed by atoms with Crippen molar-refractivity contribution in [1.82, 2.24) is 9.97 Å². The second-order valence-corrected chi connectivity index (χ2v) is 4.37. The van der Waals surface area contributed by atoms with Gasteiger partial charge >= 0.3 is 0 Å². The van der Waals surface area contributed by atoms with Crippen molar-refractivity contribution in [2.45, 2.75) is 0 Å². The van der Waals surface area contributed by atoms with Gasteiger partial charge in [-0.25, -0.2) is 9.97 Å². The monoisotopic (exact) mass is 332 g/mol. The van der Waals surface area contributed by atoms with E-state index in [2.05, 4.69) is 32.6 Å². The molecule has 15 heavy (non-hydrogen) atoms. The van der Waals surface area contributed by atoms with Crippen LogP contribution in [-0.4, -0.2) is 9.97 Å². The second kappa shape index (κ2) is 4.76. The van der Waals surface area contributed by atoms with E-state index in [1.54, 1.807) is 0 Å². The van der Waals surface area contributed by atoms with Crippen LogP contribution in [0.5, 0.6) is 11.6 Å². The molecule has 1 heterocycles. The largest absolute Gasteiger partial charge is 0.438 e. The molecule has 0 saturated heterocycles. The summed E-state index contributed by atoms with van der Waals surface area (Å²) < 4.78 is 6.61. The van der Waals surface area contributed by atoms with E-state index >= 15 is 0 Å². The van der Waals surface area contributed by atoms with Crippen molar-refractivity contribution < 1.29 is 4.74 Å². The highest BCUT2D eigenvalue weighted by Crippen LogP contribution is 2.19. The summed E-state index contributed by atoms with van der Waals surface area (Å²) in [5.41, 5.74) is 0. The fourth-order valence-corrected chi connectivity index (χ4v) is 1.43. The fourth-order valence-electron chi connectivity index (χ4n) is 0.977. The second-order valence-electron chi connectivity index (χ2n) is 2.73. The van der Waals surface area contributed by atoms with Crippen molar-refractivity contribution >= 4 is 34.2 Å². The Hall–Kier alpha value is -0.880. The number of nitrogens with zero attached hydrogens (tertiary/aromatic N) is 2. The third-order valence-corrected chi connectivity index (χ3v) is 2.55. The number of ether oxygens (including phenoxy) is 1. The molecule has 2 rings (SSSR count). The van der Waals surface area contributed by atoms with E-state index in [-0.39, 0.29) is 0 Å². The van der Waals surface area contributed by atoms with Crippen molar-refractivity contribution in [2.24, 2.45) is 0 Å². The number of rotatable bonds is 2. The SMILES string of the molecule is Clc1cnc(Oc2ccc(I)cc2)cn1. The molecule has 0 saturated carbocycles. The molecule has 0 spiro atoms. The Morgan fingerprint density at radius 1 is 1.07 bits per heavy atom. The van der Waals surface area contributed by atoms with Gasteiger partial charge in [-0.1, -0.05) is 11.6 Å².